The van der Waals surface area contributed by atoms with Gasteiger partial charge in [0.05, 0.1) is 10.4 Å². The monoisotopic (exact) mass is 367 g/mol. The lowest BCUT2D eigenvalue weighted by molar-refractivity contribution is -0.184. The van der Waals surface area contributed by atoms with Gasteiger partial charge in [0.2, 0.25) is 5.91 Å². The lowest BCUT2D eigenvalue weighted by Gasteiger charge is -2.29. The van der Waals surface area contributed by atoms with Crippen LogP contribution in [0.2, 0.25) is 0 Å². The lowest BCUT2D eigenvalue weighted by atomic mass is 9.81. The molecule has 2 rings (SSSR count). The molecule has 0 aromatic heterocycles. The Kier molecular flexibility index (Phi) is 4.91. The maximum Gasteiger partial charge on any atom is 0.391 e. The summed E-state index contributed by atoms with van der Waals surface area (Å²) in [5.74, 6) is -2.62. The fraction of sp³-hybridized carbons (Fsp3) is 0.500. The predicted molar refractivity (Wildman–Crippen MR) is 74.2 cm³/mol. The Bertz CT molecular complexity index is 524. The Balaban J connectivity index is 1.92. The van der Waals surface area contributed by atoms with Crippen LogP contribution in [0.5, 0.6) is 0 Å². The average Bonchev–Trinajstić information content (AvgIpc) is 2.42. The molecule has 0 heterocycles. The summed E-state index contributed by atoms with van der Waals surface area (Å²) in [6.07, 6.45) is -3.84. The van der Waals surface area contributed by atoms with E-state index in [1.54, 1.807) is 0 Å². The highest BCUT2D eigenvalue weighted by molar-refractivity contribution is 9.10. The van der Waals surface area contributed by atoms with Crippen molar-refractivity contribution in [2.45, 2.75) is 31.9 Å². The Morgan fingerprint density at radius 3 is 2.33 bits per heavy atom. The van der Waals surface area contributed by atoms with Crippen LogP contribution < -0.4 is 5.32 Å². The highest BCUT2D eigenvalue weighted by Crippen LogP contribution is 2.39. The van der Waals surface area contributed by atoms with Gasteiger partial charge in [-0.05, 0) is 59.8 Å². The van der Waals surface area contributed by atoms with Crippen molar-refractivity contribution in [3.8, 4) is 0 Å². The van der Waals surface area contributed by atoms with E-state index in [1.807, 2.05) is 0 Å². The lowest BCUT2D eigenvalue weighted by Crippen LogP contribution is -2.32. The number of halogens is 5. The first-order valence-corrected chi connectivity index (χ1v) is 7.39. The normalized spacial score (nSPS) is 22.9. The summed E-state index contributed by atoms with van der Waals surface area (Å²) in [5.41, 5.74) is 0.304. The summed E-state index contributed by atoms with van der Waals surface area (Å²) in [6, 6.07) is 4.17. The van der Waals surface area contributed by atoms with E-state index in [1.165, 1.54) is 18.2 Å². The molecular weight excluding hydrogens is 354 g/mol. The molecule has 0 atom stereocenters. The first-order chi connectivity index (χ1) is 9.77. The summed E-state index contributed by atoms with van der Waals surface area (Å²) in [5, 5.41) is 2.55. The summed E-state index contributed by atoms with van der Waals surface area (Å²) >= 11 is 3.00. The van der Waals surface area contributed by atoms with Gasteiger partial charge < -0.3 is 5.32 Å². The summed E-state index contributed by atoms with van der Waals surface area (Å²) in [7, 11) is 0. The standard InChI is InChI=1S/C14H14BrF4NO/c15-11-6-5-10(7-12(11)16)20-13(21)8-1-3-9(4-2-8)14(17,18)19/h5-9H,1-4H2,(H,20,21). The SMILES string of the molecule is O=C(Nc1ccc(Br)c(F)c1)C1CCC(C(F)(F)F)CC1. The number of nitrogens with one attached hydrogen (secondary N) is 1. The maximum atomic E-state index is 13.3. The molecule has 1 amide bonds. The van der Waals surface area contributed by atoms with Gasteiger partial charge in [0.15, 0.2) is 0 Å². The second-order valence-electron chi connectivity index (χ2n) is 5.21. The van der Waals surface area contributed by atoms with E-state index < -0.39 is 23.8 Å². The molecule has 0 spiro atoms. The topological polar surface area (TPSA) is 29.1 Å². The van der Waals surface area contributed by atoms with E-state index in [-0.39, 0.29) is 36.1 Å². The Morgan fingerprint density at radius 2 is 1.81 bits per heavy atom. The Morgan fingerprint density at radius 1 is 1.19 bits per heavy atom. The van der Waals surface area contributed by atoms with Gasteiger partial charge in [-0.15, -0.1) is 0 Å². The third-order valence-corrected chi connectivity index (χ3v) is 4.39. The largest absolute Gasteiger partial charge is 0.391 e. The average molecular weight is 368 g/mol. The zero-order valence-electron chi connectivity index (χ0n) is 11.0. The molecule has 7 heteroatoms. The smallest absolute Gasteiger partial charge is 0.326 e. The van der Waals surface area contributed by atoms with Crippen LogP contribution in [0.1, 0.15) is 25.7 Å². The highest BCUT2D eigenvalue weighted by Gasteiger charge is 2.42. The van der Waals surface area contributed by atoms with Crippen LogP contribution in [0.3, 0.4) is 0 Å². The second-order valence-corrected chi connectivity index (χ2v) is 6.06. The van der Waals surface area contributed by atoms with E-state index in [2.05, 4.69) is 21.2 Å². The first kappa shape index (κ1) is 16.3. The summed E-state index contributed by atoms with van der Waals surface area (Å²) in [6.45, 7) is 0. The van der Waals surface area contributed by atoms with Gasteiger partial charge in [-0.2, -0.15) is 13.2 Å². The molecule has 2 nitrogen and oxygen atoms in total. The second kappa shape index (κ2) is 6.34. The van der Waals surface area contributed by atoms with Gasteiger partial charge in [-0.3, -0.25) is 4.79 Å². The Hall–Kier alpha value is -1.11. The zero-order chi connectivity index (χ0) is 15.6. The van der Waals surface area contributed by atoms with Gasteiger partial charge >= 0.3 is 6.18 Å². The van der Waals surface area contributed by atoms with Crippen molar-refractivity contribution in [3.05, 3.63) is 28.5 Å². The molecule has 1 N–H and O–H groups in total. The first-order valence-electron chi connectivity index (χ1n) is 6.60. The molecule has 1 fully saturated rings. The van der Waals surface area contributed by atoms with Gasteiger partial charge in [0, 0.05) is 11.6 Å². The molecule has 21 heavy (non-hydrogen) atoms. The van der Waals surface area contributed by atoms with Crippen LogP contribution in [-0.2, 0) is 4.79 Å². The highest BCUT2D eigenvalue weighted by atomic mass is 79.9. The fourth-order valence-electron chi connectivity index (χ4n) is 2.50. The van der Waals surface area contributed by atoms with E-state index in [9.17, 15) is 22.4 Å². The van der Waals surface area contributed by atoms with Crippen LogP contribution in [0.25, 0.3) is 0 Å². The molecule has 1 aromatic rings. The third kappa shape index (κ3) is 4.18. The van der Waals surface area contributed by atoms with Gasteiger partial charge in [-0.1, -0.05) is 0 Å². The van der Waals surface area contributed by atoms with E-state index in [0.717, 1.165) is 0 Å². The number of rotatable bonds is 2. The summed E-state index contributed by atoms with van der Waals surface area (Å²) < 4.78 is 51.3. The predicted octanol–water partition coefficient (Wildman–Crippen LogP) is 4.90. The molecule has 1 aromatic carbocycles. The number of hydrogen-bond donors (Lipinski definition) is 1. The van der Waals surface area contributed by atoms with Crippen molar-refractivity contribution < 1.29 is 22.4 Å². The molecule has 0 aliphatic heterocycles. The van der Waals surface area contributed by atoms with Gasteiger partial charge in [0.1, 0.15) is 5.82 Å². The van der Waals surface area contributed by atoms with Gasteiger partial charge in [-0.25, -0.2) is 4.39 Å². The molecule has 1 aliphatic carbocycles. The summed E-state index contributed by atoms with van der Waals surface area (Å²) in [4.78, 5) is 12.0. The van der Waals surface area contributed by atoms with E-state index in [4.69, 9.17) is 0 Å². The Labute approximate surface area is 128 Å². The van der Waals surface area contributed by atoms with Crippen molar-refractivity contribution in [1.82, 2.24) is 0 Å². The van der Waals surface area contributed by atoms with Crippen molar-refractivity contribution in [1.29, 1.82) is 0 Å². The van der Waals surface area contributed by atoms with Crippen molar-refractivity contribution >= 4 is 27.5 Å². The van der Waals surface area contributed by atoms with Crippen LogP contribution >= 0.6 is 15.9 Å². The number of carbonyl (C=O) groups excluding carboxylic acids is 1. The third-order valence-electron chi connectivity index (χ3n) is 3.75. The molecule has 0 unspecified atom stereocenters. The molecule has 1 saturated carbocycles. The number of benzene rings is 1. The zero-order valence-corrected chi connectivity index (χ0v) is 12.6. The maximum absolute atomic E-state index is 13.3. The van der Waals surface area contributed by atoms with Crippen LogP contribution in [0.15, 0.2) is 22.7 Å². The van der Waals surface area contributed by atoms with E-state index >= 15 is 0 Å². The minimum atomic E-state index is -4.18. The minimum absolute atomic E-state index is 0.0315. The van der Waals surface area contributed by atoms with Crippen LogP contribution in [0, 0.1) is 17.7 Å². The molecule has 1 aliphatic rings. The number of carbonyl (C=O) groups is 1. The van der Waals surface area contributed by atoms with E-state index in [0.29, 0.717) is 5.69 Å². The van der Waals surface area contributed by atoms with Gasteiger partial charge in [0.25, 0.3) is 0 Å². The fourth-order valence-corrected chi connectivity index (χ4v) is 2.75. The van der Waals surface area contributed by atoms with Crippen LogP contribution in [-0.4, -0.2) is 12.1 Å². The molecular formula is C14H14BrF4NO. The van der Waals surface area contributed by atoms with Crippen molar-refractivity contribution in [3.63, 3.8) is 0 Å². The molecule has 116 valence electrons. The molecule has 0 radical (unpaired) electrons. The van der Waals surface area contributed by atoms with Crippen LogP contribution in [0.4, 0.5) is 23.2 Å². The number of anilines is 1. The van der Waals surface area contributed by atoms with Crippen molar-refractivity contribution in [2.24, 2.45) is 11.8 Å². The molecule has 0 saturated heterocycles. The number of alkyl halides is 3. The minimum Gasteiger partial charge on any atom is -0.326 e. The number of hydrogen-bond acceptors (Lipinski definition) is 1. The number of amides is 1. The quantitative estimate of drug-likeness (QED) is 0.740. The molecule has 0 bridgehead atoms. The van der Waals surface area contributed by atoms with Crippen molar-refractivity contribution in [2.75, 3.05) is 5.32 Å².